The van der Waals surface area contributed by atoms with Crippen molar-refractivity contribution in [3.8, 4) is 0 Å². The van der Waals surface area contributed by atoms with Crippen LogP contribution in [0.15, 0.2) is 22.8 Å². The van der Waals surface area contributed by atoms with Gasteiger partial charge in [0.15, 0.2) is 4.34 Å². The molecule has 2 rings (SSSR count). The highest BCUT2D eigenvalue weighted by atomic mass is 35.5. The lowest BCUT2D eigenvalue weighted by molar-refractivity contribution is 0.729. The van der Waals surface area contributed by atoms with E-state index in [1.165, 1.54) is 16.4 Å². The minimum atomic E-state index is 0.0450. The van der Waals surface area contributed by atoms with Gasteiger partial charge in [-0.05, 0) is 30.6 Å². The number of nitrogens with zero attached hydrogens (tertiary/aromatic N) is 2. The van der Waals surface area contributed by atoms with Crippen molar-refractivity contribution in [2.45, 2.75) is 22.6 Å². The zero-order chi connectivity index (χ0) is 11.5. The second-order valence-electron chi connectivity index (χ2n) is 3.25. The van der Waals surface area contributed by atoms with Crippen molar-refractivity contribution in [1.82, 2.24) is 9.36 Å². The molecule has 0 bridgehead atoms. The Hall–Kier alpha value is -0.140. The number of rotatable bonds is 4. The summed E-state index contributed by atoms with van der Waals surface area (Å²) in [5.41, 5.74) is 5.99. The molecule has 0 amide bonds. The summed E-state index contributed by atoms with van der Waals surface area (Å²) in [6, 6.07) is 3.97. The molecule has 0 radical (unpaired) electrons. The summed E-state index contributed by atoms with van der Waals surface area (Å²) in [6.07, 6.45) is 1.56. The maximum absolute atomic E-state index is 5.99. The highest BCUT2D eigenvalue weighted by molar-refractivity contribution is 8.01. The van der Waals surface area contributed by atoms with Crippen molar-refractivity contribution in [1.29, 1.82) is 0 Å². The van der Waals surface area contributed by atoms with Gasteiger partial charge < -0.3 is 5.73 Å². The van der Waals surface area contributed by atoms with Gasteiger partial charge in [-0.15, -0.1) is 11.3 Å². The quantitative estimate of drug-likeness (QED) is 0.877. The molecule has 0 aliphatic heterocycles. The van der Waals surface area contributed by atoms with Crippen LogP contribution in [-0.4, -0.2) is 15.4 Å². The van der Waals surface area contributed by atoms with Gasteiger partial charge in [-0.2, -0.15) is 4.37 Å². The minimum absolute atomic E-state index is 0.0450. The Bertz CT molecular complexity index is 441. The lowest BCUT2D eigenvalue weighted by atomic mass is 10.2. The van der Waals surface area contributed by atoms with E-state index in [0.717, 1.165) is 8.68 Å². The number of hydrogen-bond acceptors (Lipinski definition) is 6. The maximum Gasteiger partial charge on any atom is 0.170 e. The molecule has 0 aliphatic rings. The van der Waals surface area contributed by atoms with E-state index in [0.29, 0.717) is 0 Å². The van der Waals surface area contributed by atoms with Gasteiger partial charge in [-0.25, -0.2) is 4.98 Å². The largest absolute Gasteiger partial charge is 0.327 e. The van der Waals surface area contributed by atoms with Gasteiger partial charge in [-0.1, -0.05) is 23.4 Å². The zero-order valence-electron chi connectivity index (χ0n) is 8.46. The van der Waals surface area contributed by atoms with Crippen LogP contribution < -0.4 is 5.73 Å². The third-order valence-corrected chi connectivity index (χ3v) is 5.60. The molecule has 3 nitrogen and oxygen atoms in total. The number of halogens is 1. The average Bonchev–Trinajstić information content (AvgIpc) is 2.84. The summed E-state index contributed by atoms with van der Waals surface area (Å²) in [4.78, 5) is 5.34. The van der Waals surface area contributed by atoms with Crippen LogP contribution in [0.2, 0.25) is 4.34 Å². The van der Waals surface area contributed by atoms with E-state index in [4.69, 9.17) is 17.3 Å². The van der Waals surface area contributed by atoms with Crippen LogP contribution in [-0.2, 0) is 0 Å². The van der Waals surface area contributed by atoms with E-state index in [9.17, 15) is 0 Å². The Balaban J connectivity index is 2.18. The fraction of sp³-hybridized carbons (Fsp3) is 0.333. The van der Waals surface area contributed by atoms with Crippen molar-refractivity contribution >= 4 is 46.2 Å². The fourth-order valence-corrected chi connectivity index (χ4v) is 4.30. The van der Waals surface area contributed by atoms with E-state index >= 15 is 0 Å². The van der Waals surface area contributed by atoms with Gasteiger partial charge in [0.05, 0.1) is 9.59 Å². The topological polar surface area (TPSA) is 51.8 Å². The van der Waals surface area contributed by atoms with Gasteiger partial charge in [0.2, 0.25) is 0 Å². The standard InChI is InChI=1S/C9H10ClN3S3/c1-5(11)8(6-2-3-7(10)14-6)15-9-12-4-13-16-9/h2-5,8H,11H2,1H3. The summed E-state index contributed by atoms with van der Waals surface area (Å²) < 4.78 is 5.71. The number of nitrogens with two attached hydrogens (primary N) is 1. The van der Waals surface area contributed by atoms with Gasteiger partial charge in [0.25, 0.3) is 0 Å². The summed E-state index contributed by atoms with van der Waals surface area (Å²) >= 11 is 10.5. The van der Waals surface area contributed by atoms with Crippen LogP contribution in [0.4, 0.5) is 0 Å². The molecule has 0 spiro atoms. The second kappa shape index (κ2) is 5.46. The average molecular weight is 292 g/mol. The Morgan fingerprint density at radius 2 is 2.31 bits per heavy atom. The highest BCUT2D eigenvalue weighted by Crippen LogP contribution is 2.41. The number of thiophene rings is 1. The summed E-state index contributed by atoms with van der Waals surface area (Å²) in [5, 5.41) is 0.186. The second-order valence-corrected chi connectivity index (χ2v) is 7.16. The molecule has 86 valence electrons. The lowest BCUT2D eigenvalue weighted by Crippen LogP contribution is -2.21. The maximum atomic E-state index is 5.99. The summed E-state index contributed by atoms with van der Waals surface area (Å²) in [7, 11) is 0. The molecule has 2 aromatic rings. The third-order valence-electron chi connectivity index (χ3n) is 1.92. The molecule has 2 aromatic heterocycles. The van der Waals surface area contributed by atoms with Crippen molar-refractivity contribution in [2.24, 2.45) is 5.73 Å². The molecule has 0 saturated carbocycles. The Labute approximate surface area is 111 Å². The molecule has 0 aromatic carbocycles. The smallest absolute Gasteiger partial charge is 0.170 e. The molecule has 2 unspecified atom stereocenters. The molecule has 2 heterocycles. The van der Waals surface area contributed by atoms with Crippen molar-refractivity contribution in [3.05, 3.63) is 27.7 Å². The predicted octanol–water partition coefficient (Wildman–Crippen LogP) is 3.43. The van der Waals surface area contributed by atoms with Crippen molar-refractivity contribution in [3.63, 3.8) is 0 Å². The van der Waals surface area contributed by atoms with E-state index in [1.807, 2.05) is 19.1 Å². The van der Waals surface area contributed by atoms with Gasteiger partial charge in [-0.3, -0.25) is 0 Å². The van der Waals surface area contributed by atoms with Crippen LogP contribution >= 0.6 is 46.2 Å². The van der Waals surface area contributed by atoms with Crippen LogP contribution in [0.3, 0.4) is 0 Å². The van der Waals surface area contributed by atoms with E-state index in [2.05, 4.69) is 9.36 Å². The monoisotopic (exact) mass is 291 g/mol. The predicted molar refractivity (Wildman–Crippen MR) is 71.5 cm³/mol. The number of aromatic nitrogens is 2. The van der Waals surface area contributed by atoms with E-state index in [1.54, 1.807) is 29.4 Å². The van der Waals surface area contributed by atoms with Crippen LogP contribution in [0.5, 0.6) is 0 Å². The molecule has 2 N–H and O–H groups in total. The molecule has 0 fully saturated rings. The molecule has 0 aliphatic carbocycles. The van der Waals surface area contributed by atoms with Gasteiger partial charge in [0, 0.05) is 10.9 Å². The fourth-order valence-electron chi connectivity index (χ4n) is 1.23. The molecule has 7 heteroatoms. The van der Waals surface area contributed by atoms with E-state index < -0.39 is 0 Å². The highest BCUT2D eigenvalue weighted by Gasteiger charge is 2.20. The third kappa shape index (κ3) is 2.95. The first kappa shape index (κ1) is 12.3. The number of thioether (sulfide) groups is 1. The molecule has 0 saturated heterocycles. The first-order valence-electron chi connectivity index (χ1n) is 4.61. The van der Waals surface area contributed by atoms with Crippen LogP contribution in [0.25, 0.3) is 0 Å². The first-order chi connectivity index (χ1) is 7.66. The Morgan fingerprint density at radius 3 is 2.81 bits per heavy atom. The minimum Gasteiger partial charge on any atom is -0.327 e. The van der Waals surface area contributed by atoms with Crippen LogP contribution in [0.1, 0.15) is 17.1 Å². The van der Waals surface area contributed by atoms with Crippen LogP contribution in [0, 0.1) is 0 Å². The lowest BCUT2D eigenvalue weighted by Gasteiger charge is -2.16. The normalized spacial score (nSPS) is 14.9. The molecular weight excluding hydrogens is 282 g/mol. The zero-order valence-corrected chi connectivity index (χ0v) is 11.7. The first-order valence-corrected chi connectivity index (χ1v) is 7.45. The SMILES string of the molecule is CC(N)C(Sc1ncns1)c1ccc(Cl)s1. The van der Waals surface area contributed by atoms with E-state index in [-0.39, 0.29) is 11.3 Å². The number of hydrogen-bond donors (Lipinski definition) is 1. The summed E-state index contributed by atoms with van der Waals surface area (Å²) in [5.74, 6) is 0. The molecule has 16 heavy (non-hydrogen) atoms. The van der Waals surface area contributed by atoms with Crippen molar-refractivity contribution in [2.75, 3.05) is 0 Å². The Morgan fingerprint density at radius 1 is 1.50 bits per heavy atom. The molecular formula is C9H10ClN3S3. The van der Waals surface area contributed by atoms with Gasteiger partial charge >= 0.3 is 0 Å². The molecule has 2 atom stereocenters. The van der Waals surface area contributed by atoms with Gasteiger partial charge in [0.1, 0.15) is 6.33 Å². The summed E-state index contributed by atoms with van der Waals surface area (Å²) in [6.45, 7) is 1.99. The Kier molecular flexibility index (Phi) is 4.21. The van der Waals surface area contributed by atoms with Crippen molar-refractivity contribution < 1.29 is 0 Å².